The lowest BCUT2D eigenvalue weighted by atomic mass is 9.95. The minimum Gasteiger partial charge on any atom is -0.377 e. The zero-order valence-corrected chi connectivity index (χ0v) is 8.38. The topological polar surface area (TPSA) is 55.6 Å². The van der Waals surface area contributed by atoms with Gasteiger partial charge in [-0.3, -0.25) is 9.69 Å². The fourth-order valence-corrected chi connectivity index (χ4v) is 1.83. The van der Waals surface area contributed by atoms with E-state index < -0.39 is 0 Å². The number of likely N-dealkylation sites (tertiary alicyclic amines) is 1. The molecule has 76 valence electrons. The van der Waals surface area contributed by atoms with Crippen LogP contribution in [-0.2, 0) is 9.53 Å². The number of carbonyl (C=O) groups excluding carboxylic acids is 1. The minimum atomic E-state index is -0.264. The molecule has 0 aromatic carbocycles. The number of amides is 1. The Kier molecular flexibility index (Phi) is 3.27. The zero-order valence-electron chi connectivity index (χ0n) is 8.38. The largest absolute Gasteiger partial charge is 0.377 e. The van der Waals surface area contributed by atoms with Gasteiger partial charge in [0.15, 0.2) is 0 Å². The monoisotopic (exact) mass is 186 g/mol. The first kappa shape index (κ1) is 10.5. The van der Waals surface area contributed by atoms with E-state index in [2.05, 4.69) is 11.8 Å². The van der Waals surface area contributed by atoms with Crippen molar-refractivity contribution in [3.8, 4) is 0 Å². The molecule has 1 unspecified atom stereocenters. The Labute approximate surface area is 79.0 Å². The molecule has 13 heavy (non-hydrogen) atoms. The van der Waals surface area contributed by atoms with Gasteiger partial charge in [0.2, 0.25) is 5.91 Å². The summed E-state index contributed by atoms with van der Waals surface area (Å²) in [7, 11) is 1.72. The number of rotatable bonds is 3. The summed E-state index contributed by atoms with van der Waals surface area (Å²) in [5, 5.41) is 0. The summed E-state index contributed by atoms with van der Waals surface area (Å²) in [5.41, 5.74) is 5.03. The molecule has 1 aliphatic rings. The van der Waals surface area contributed by atoms with Gasteiger partial charge in [-0.25, -0.2) is 0 Å². The van der Waals surface area contributed by atoms with E-state index in [-0.39, 0.29) is 11.5 Å². The minimum absolute atomic E-state index is 0.103. The SMILES string of the molecule is COC1(C)CCCN(CC(N)=O)C1. The van der Waals surface area contributed by atoms with Crippen LogP contribution in [0.2, 0.25) is 0 Å². The number of carbonyl (C=O) groups is 1. The highest BCUT2D eigenvalue weighted by Gasteiger charge is 2.30. The maximum Gasteiger partial charge on any atom is 0.231 e. The van der Waals surface area contributed by atoms with E-state index in [9.17, 15) is 4.79 Å². The second kappa shape index (κ2) is 4.07. The Balaban J connectivity index is 2.46. The van der Waals surface area contributed by atoms with E-state index in [0.717, 1.165) is 25.9 Å². The maximum absolute atomic E-state index is 10.7. The van der Waals surface area contributed by atoms with Crippen molar-refractivity contribution in [1.82, 2.24) is 4.90 Å². The van der Waals surface area contributed by atoms with Crippen molar-refractivity contribution in [2.24, 2.45) is 5.73 Å². The van der Waals surface area contributed by atoms with Crippen molar-refractivity contribution < 1.29 is 9.53 Å². The van der Waals surface area contributed by atoms with Crippen LogP contribution in [0, 0.1) is 0 Å². The second-order valence-electron chi connectivity index (χ2n) is 3.93. The van der Waals surface area contributed by atoms with E-state index in [1.165, 1.54) is 0 Å². The van der Waals surface area contributed by atoms with E-state index in [1.807, 2.05) is 0 Å². The average Bonchev–Trinajstić information content (AvgIpc) is 2.03. The average molecular weight is 186 g/mol. The molecule has 2 N–H and O–H groups in total. The Bertz CT molecular complexity index is 196. The van der Waals surface area contributed by atoms with Crippen LogP contribution in [0.25, 0.3) is 0 Å². The molecule has 0 aliphatic carbocycles. The van der Waals surface area contributed by atoms with E-state index in [1.54, 1.807) is 7.11 Å². The molecule has 0 spiro atoms. The molecule has 1 saturated heterocycles. The lowest BCUT2D eigenvalue weighted by Crippen LogP contribution is -2.49. The van der Waals surface area contributed by atoms with Crippen LogP contribution in [-0.4, -0.2) is 43.2 Å². The molecule has 1 fully saturated rings. The van der Waals surface area contributed by atoms with Crippen LogP contribution < -0.4 is 5.73 Å². The molecule has 4 nitrogen and oxygen atoms in total. The summed E-state index contributed by atoms with van der Waals surface area (Å²) in [6.07, 6.45) is 2.12. The van der Waals surface area contributed by atoms with Crippen molar-refractivity contribution in [3.05, 3.63) is 0 Å². The van der Waals surface area contributed by atoms with Gasteiger partial charge in [-0.05, 0) is 26.3 Å². The molecule has 1 aliphatic heterocycles. The molecular weight excluding hydrogens is 168 g/mol. The van der Waals surface area contributed by atoms with E-state index in [0.29, 0.717) is 6.54 Å². The third-order valence-electron chi connectivity index (χ3n) is 2.61. The number of piperidine rings is 1. The van der Waals surface area contributed by atoms with Crippen molar-refractivity contribution in [1.29, 1.82) is 0 Å². The number of hydrogen-bond donors (Lipinski definition) is 1. The van der Waals surface area contributed by atoms with Crippen molar-refractivity contribution in [2.75, 3.05) is 26.7 Å². The molecule has 1 heterocycles. The first-order chi connectivity index (χ1) is 6.06. The van der Waals surface area contributed by atoms with Gasteiger partial charge in [0, 0.05) is 13.7 Å². The highest BCUT2D eigenvalue weighted by molar-refractivity contribution is 5.75. The summed E-state index contributed by atoms with van der Waals surface area (Å²) < 4.78 is 5.40. The van der Waals surface area contributed by atoms with E-state index in [4.69, 9.17) is 10.5 Å². The van der Waals surface area contributed by atoms with Crippen LogP contribution in [0.5, 0.6) is 0 Å². The van der Waals surface area contributed by atoms with Gasteiger partial charge in [-0.1, -0.05) is 0 Å². The quantitative estimate of drug-likeness (QED) is 0.673. The summed E-state index contributed by atoms with van der Waals surface area (Å²) in [4.78, 5) is 12.8. The van der Waals surface area contributed by atoms with E-state index >= 15 is 0 Å². The molecule has 1 atom stereocenters. The van der Waals surface area contributed by atoms with Crippen LogP contribution in [0.1, 0.15) is 19.8 Å². The van der Waals surface area contributed by atoms with Crippen molar-refractivity contribution in [3.63, 3.8) is 0 Å². The van der Waals surface area contributed by atoms with Crippen LogP contribution in [0.3, 0.4) is 0 Å². The Morgan fingerprint density at radius 2 is 2.38 bits per heavy atom. The highest BCUT2D eigenvalue weighted by Crippen LogP contribution is 2.23. The van der Waals surface area contributed by atoms with Gasteiger partial charge in [-0.2, -0.15) is 0 Å². The van der Waals surface area contributed by atoms with Gasteiger partial charge < -0.3 is 10.5 Å². The number of nitrogens with two attached hydrogens (primary N) is 1. The van der Waals surface area contributed by atoms with Gasteiger partial charge in [0.1, 0.15) is 0 Å². The zero-order chi connectivity index (χ0) is 9.90. The van der Waals surface area contributed by atoms with Crippen LogP contribution in [0.4, 0.5) is 0 Å². The first-order valence-electron chi connectivity index (χ1n) is 4.61. The molecule has 0 saturated carbocycles. The fourth-order valence-electron chi connectivity index (χ4n) is 1.83. The summed E-state index contributed by atoms with van der Waals surface area (Å²) in [6, 6.07) is 0. The molecule has 0 aromatic heterocycles. The number of nitrogens with zero attached hydrogens (tertiary/aromatic N) is 1. The molecule has 0 bridgehead atoms. The Morgan fingerprint density at radius 3 is 2.92 bits per heavy atom. The number of hydrogen-bond acceptors (Lipinski definition) is 3. The highest BCUT2D eigenvalue weighted by atomic mass is 16.5. The second-order valence-corrected chi connectivity index (χ2v) is 3.93. The molecular formula is C9H18N2O2. The molecule has 0 aromatic rings. The molecule has 0 radical (unpaired) electrons. The maximum atomic E-state index is 10.7. The third kappa shape index (κ3) is 2.97. The normalized spacial score (nSPS) is 30.3. The molecule has 1 amide bonds. The smallest absolute Gasteiger partial charge is 0.231 e. The van der Waals surface area contributed by atoms with Gasteiger partial charge in [0.25, 0.3) is 0 Å². The third-order valence-corrected chi connectivity index (χ3v) is 2.61. The van der Waals surface area contributed by atoms with Crippen LogP contribution in [0.15, 0.2) is 0 Å². The summed E-state index contributed by atoms with van der Waals surface area (Å²) in [5.74, 6) is -0.264. The molecule has 1 rings (SSSR count). The Hall–Kier alpha value is -0.610. The molecule has 4 heteroatoms. The predicted molar refractivity (Wildman–Crippen MR) is 50.3 cm³/mol. The fraction of sp³-hybridized carbons (Fsp3) is 0.889. The van der Waals surface area contributed by atoms with Gasteiger partial charge >= 0.3 is 0 Å². The van der Waals surface area contributed by atoms with Gasteiger partial charge in [0.05, 0.1) is 12.1 Å². The Morgan fingerprint density at radius 1 is 1.69 bits per heavy atom. The number of primary amides is 1. The summed E-state index contributed by atoms with van der Waals surface area (Å²) >= 11 is 0. The number of methoxy groups -OCH3 is 1. The standard InChI is InChI=1S/C9H18N2O2/c1-9(13-2)4-3-5-11(7-9)6-8(10)12/h3-7H2,1-2H3,(H2,10,12). The van der Waals surface area contributed by atoms with Crippen molar-refractivity contribution >= 4 is 5.91 Å². The first-order valence-corrected chi connectivity index (χ1v) is 4.61. The lowest BCUT2D eigenvalue weighted by Gasteiger charge is -2.38. The van der Waals surface area contributed by atoms with Gasteiger partial charge in [-0.15, -0.1) is 0 Å². The lowest BCUT2D eigenvalue weighted by molar-refractivity contribution is -0.121. The predicted octanol–water partition coefficient (Wildman–Crippen LogP) is -0.0274. The van der Waals surface area contributed by atoms with Crippen LogP contribution >= 0.6 is 0 Å². The number of ether oxygens (including phenoxy) is 1. The van der Waals surface area contributed by atoms with Crippen molar-refractivity contribution in [2.45, 2.75) is 25.4 Å². The summed E-state index contributed by atoms with van der Waals surface area (Å²) in [6.45, 7) is 4.16.